The minimum atomic E-state index is -0.373. The van der Waals surface area contributed by atoms with Crippen molar-refractivity contribution in [3.05, 3.63) is 0 Å². The van der Waals surface area contributed by atoms with E-state index in [-0.39, 0.29) is 24.9 Å². The zero-order valence-corrected chi connectivity index (χ0v) is 6.16. The van der Waals surface area contributed by atoms with Crippen LogP contribution in [0.5, 0.6) is 0 Å². The van der Waals surface area contributed by atoms with Gasteiger partial charge in [-0.15, -0.1) is 0 Å². The summed E-state index contributed by atoms with van der Waals surface area (Å²) < 4.78 is 5.27. The molecule has 0 bridgehead atoms. The van der Waals surface area contributed by atoms with Crippen LogP contribution in [-0.2, 0) is 4.74 Å². The number of rotatable bonds is 2. The zero-order valence-electron chi connectivity index (χ0n) is 6.16. The Labute approximate surface area is 60.6 Å². The Morgan fingerprint density at radius 3 is 2.60 bits per heavy atom. The Kier molecular flexibility index (Phi) is 2.65. The van der Waals surface area contributed by atoms with Crippen molar-refractivity contribution >= 4 is 0 Å². The van der Waals surface area contributed by atoms with Gasteiger partial charge in [-0.1, -0.05) is 6.92 Å². The van der Waals surface area contributed by atoms with E-state index in [9.17, 15) is 5.11 Å². The molecular formula is C7H14O3. The van der Waals surface area contributed by atoms with E-state index < -0.39 is 0 Å². The molecule has 3 atom stereocenters. The molecule has 1 aliphatic rings. The van der Waals surface area contributed by atoms with Gasteiger partial charge in [0.15, 0.2) is 0 Å². The van der Waals surface area contributed by atoms with Gasteiger partial charge >= 0.3 is 0 Å². The monoisotopic (exact) mass is 146 g/mol. The number of aliphatic hydroxyl groups is 2. The predicted octanol–water partition coefficient (Wildman–Crippen LogP) is -0.0929. The molecule has 3 heteroatoms. The van der Waals surface area contributed by atoms with E-state index in [1.807, 2.05) is 6.92 Å². The molecule has 1 saturated heterocycles. The normalized spacial score (nSPS) is 40.5. The molecule has 0 amide bonds. The van der Waals surface area contributed by atoms with E-state index in [2.05, 4.69) is 0 Å². The maximum Gasteiger partial charge on any atom is 0.0837 e. The van der Waals surface area contributed by atoms with E-state index in [1.54, 1.807) is 0 Å². The molecule has 0 radical (unpaired) electrons. The highest BCUT2D eigenvalue weighted by Gasteiger charge is 2.31. The van der Waals surface area contributed by atoms with Crippen LogP contribution in [0.1, 0.15) is 19.8 Å². The third-order valence-electron chi connectivity index (χ3n) is 1.91. The average molecular weight is 146 g/mol. The second-order valence-electron chi connectivity index (χ2n) is 2.69. The van der Waals surface area contributed by atoms with Crippen LogP contribution < -0.4 is 0 Å². The maximum absolute atomic E-state index is 9.25. The van der Waals surface area contributed by atoms with Gasteiger partial charge in [0, 0.05) is 6.42 Å². The second-order valence-corrected chi connectivity index (χ2v) is 2.69. The SMILES string of the molecule is CC[C@@H]1O[C@H](CO)C[C@@H]1O. The summed E-state index contributed by atoms with van der Waals surface area (Å²) in [6.45, 7) is 1.99. The molecule has 0 aromatic rings. The molecule has 0 saturated carbocycles. The summed E-state index contributed by atoms with van der Waals surface area (Å²) in [5.41, 5.74) is 0. The van der Waals surface area contributed by atoms with Gasteiger partial charge in [0.1, 0.15) is 0 Å². The van der Waals surface area contributed by atoms with Gasteiger partial charge in [-0.2, -0.15) is 0 Å². The third kappa shape index (κ3) is 1.48. The van der Waals surface area contributed by atoms with Crippen molar-refractivity contribution in [3.8, 4) is 0 Å². The van der Waals surface area contributed by atoms with E-state index in [0.29, 0.717) is 6.42 Å². The summed E-state index contributed by atoms with van der Waals surface area (Å²) >= 11 is 0. The summed E-state index contributed by atoms with van der Waals surface area (Å²) in [5.74, 6) is 0. The molecule has 0 unspecified atom stereocenters. The maximum atomic E-state index is 9.25. The first-order valence-electron chi connectivity index (χ1n) is 3.72. The fourth-order valence-corrected chi connectivity index (χ4v) is 1.30. The first-order chi connectivity index (χ1) is 4.77. The van der Waals surface area contributed by atoms with Crippen molar-refractivity contribution < 1.29 is 14.9 Å². The van der Waals surface area contributed by atoms with Crippen LogP contribution in [0.2, 0.25) is 0 Å². The van der Waals surface area contributed by atoms with Crippen LogP contribution in [0.4, 0.5) is 0 Å². The first-order valence-corrected chi connectivity index (χ1v) is 3.72. The van der Waals surface area contributed by atoms with Gasteiger partial charge in [0.05, 0.1) is 24.9 Å². The lowest BCUT2D eigenvalue weighted by atomic mass is 10.1. The molecule has 1 rings (SSSR count). The van der Waals surface area contributed by atoms with Gasteiger partial charge in [-0.05, 0) is 6.42 Å². The quantitative estimate of drug-likeness (QED) is 0.572. The van der Waals surface area contributed by atoms with Crippen molar-refractivity contribution in [1.82, 2.24) is 0 Å². The molecule has 1 aliphatic heterocycles. The molecule has 1 fully saturated rings. The third-order valence-corrected chi connectivity index (χ3v) is 1.91. The number of ether oxygens (including phenoxy) is 1. The standard InChI is InChI=1S/C7H14O3/c1-2-7-6(9)3-5(4-8)10-7/h5-9H,2-4H2,1H3/t5-,6-,7-/m0/s1. The minimum absolute atomic E-state index is 0.0214. The van der Waals surface area contributed by atoms with Crippen molar-refractivity contribution in [2.24, 2.45) is 0 Å². The summed E-state index contributed by atoms with van der Waals surface area (Å²) in [5, 5.41) is 17.9. The van der Waals surface area contributed by atoms with Crippen molar-refractivity contribution in [2.45, 2.75) is 38.1 Å². The predicted molar refractivity (Wildman–Crippen MR) is 36.7 cm³/mol. The Morgan fingerprint density at radius 2 is 2.30 bits per heavy atom. The Bertz CT molecular complexity index is 105. The molecule has 0 aliphatic carbocycles. The first kappa shape index (κ1) is 7.98. The smallest absolute Gasteiger partial charge is 0.0837 e. The molecule has 10 heavy (non-hydrogen) atoms. The lowest BCUT2D eigenvalue weighted by Crippen LogP contribution is -2.19. The topological polar surface area (TPSA) is 49.7 Å². The molecule has 3 nitrogen and oxygen atoms in total. The Hall–Kier alpha value is -0.120. The molecular weight excluding hydrogens is 132 g/mol. The van der Waals surface area contributed by atoms with Gasteiger partial charge in [-0.3, -0.25) is 0 Å². The van der Waals surface area contributed by atoms with Crippen LogP contribution in [0.15, 0.2) is 0 Å². The number of aliphatic hydroxyl groups excluding tert-OH is 2. The molecule has 0 aromatic heterocycles. The fourth-order valence-electron chi connectivity index (χ4n) is 1.30. The molecule has 1 heterocycles. The van der Waals surface area contributed by atoms with Gasteiger partial charge in [0.2, 0.25) is 0 Å². The van der Waals surface area contributed by atoms with Crippen LogP contribution >= 0.6 is 0 Å². The average Bonchev–Trinajstić information content (AvgIpc) is 2.30. The highest BCUT2D eigenvalue weighted by atomic mass is 16.5. The lowest BCUT2D eigenvalue weighted by molar-refractivity contribution is -0.0108. The van der Waals surface area contributed by atoms with Crippen molar-refractivity contribution in [3.63, 3.8) is 0 Å². The Morgan fingerprint density at radius 1 is 1.60 bits per heavy atom. The number of hydrogen-bond acceptors (Lipinski definition) is 3. The highest BCUT2D eigenvalue weighted by Crippen LogP contribution is 2.21. The van der Waals surface area contributed by atoms with E-state index in [0.717, 1.165) is 6.42 Å². The fraction of sp³-hybridized carbons (Fsp3) is 1.00. The lowest BCUT2D eigenvalue weighted by Gasteiger charge is -2.10. The minimum Gasteiger partial charge on any atom is -0.394 e. The van der Waals surface area contributed by atoms with E-state index in [1.165, 1.54) is 0 Å². The molecule has 60 valence electrons. The summed E-state index contributed by atoms with van der Waals surface area (Å²) in [4.78, 5) is 0. The van der Waals surface area contributed by atoms with Crippen molar-refractivity contribution in [1.29, 1.82) is 0 Å². The van der Waals surface area contributed by atoms with Gasteiger partial charge in [-0.25, -0.2) is 0 Å². The van der Waals surface area contributed by atoms with E-state index >= 15 is 0 Å². The van der Waals surface area contributed by atoms with Gasteiger partial charge < -0.3 is 14.9 Å². The summed E-state index contributed by atoms with van der Waals surface area (Å²) in [6, 6.07) is 0. The van der Waals surface area contributed by atoms with Crippen molar-refractivity contribution in [2.75, 3.05) is 6.61 Å². The highest BCUT2D eigenvalue weighted by molar-refractivity contribution is 4.80. The van der Waals surface area contributed by atoms with Crippen LogP contribution in [-0.4, -0.2) is 35.1 Å². The van der Waals surface area contributed by atoms with Gasteiger partial charge in [0.25, 0.3) is 0 Å². The van der Waals surface area contributed by atoms with E-state index in [4.69, 9.17) is 9.84 Å². The molecule has 0 aromatic carbocycles. The Balaban J connectivity index is 2.36. The van der Waals surface area contributed by atoms with Crippen LogP contribution in [0, 0.1) is 0 Å². The second kappa shape index (κ2) is 3.32. The molecule has 0 spiro atoms. The molecule has 2 N–H and O–H groups in total. The zero-order chi connectivity index (χ0) is 7.56. The summed E-state index contributed by atoms with van der Waals surface area (Å²) in [7, 11) is 0. The summed E-state index contributed by atoms with van der Waals surface area (Å²) in [6.07, 6.45) is 0.825. The largest absolute Gasteiger partial charge is 0.394 e. The van der Waals surface area contributed by atoms with Crippen LogP contribution in [0.3, 0.4) is 0 Å². The van der Waals surface area contributed by atoms with Crippen LogP contribution in [0.25, 0.3) is 0 Å². The number of hydrogen-bond donors (Lipinski definition) is 2.